The molecule has 1 aromatic rings. The topological polar surface area (TPSA) is 149 Å². The summed E-state index contributed by atoms with van der Waals surface area (Å²) < 4.78 is 44.6. The number of nitro benzene ring substituents is 1. The Morgan fingerprint density at radius 1 is 1.29 bits per heavy atom. The lowest BCUT2D eigenvalue weighted by Gasteiger charge is -2.09. The van der Waals surface area contributed by atoms with Gasteiger partial charge in [-0.3, -0.25) is 10.1 Å². The first-order valence-corrected chi connectivity index (χ1v) is 9.35. The molecule has 0 amide bonds. The second-order valence-electron chi connectivity index (χ2n) is 4.33. The summed E-state index contributed by atoms with van der Waals surface area (Å²) in [6.07, 6.45) is 1.01. The summed E-state index contributed by atoms with van der Waals surface area (Å²) in [7, 11) is -7.36. The van der Waals surface area contributed by atoms with Gasteiger partial charge in [0.15, 0.2) is 9.84 Å². The number of nitrogens with two attached hydrogens (primary N) is 1. The van der Waals surface area contributed by atoms with Gasteiger partial charge in [-0.05, 0) is 18.6 Å². The average molecular weight is 337 g/mol. The van der Waals surface area contributed by atoms with Crippen LogP contribution in [-0.2, 0) is 19.9 Å². The lowest BCUT2D eigenvalue weighted by molar-refractivity contribution is -0.386. The first-order chi connectivity index (χ1) is 9.52. The Bertz CT molecular complexity index is 742. The third kappa shape index (κ3) is 5.28. The number of nitro groups is 1. The van der Waals surface area contributed by atoms with Crippen molar-refractivity contribution in [3.63, 3.8) is 0 Å². The highest BCUT2D eigenvalue weighted by molar-refractivity contribution is 7.90. The van der Waals surface area contributed by atoms with Crippen molar-refractivity contribution in [3.05, 3.63) is 28.3 Å². The van der Waals surface area contributed by atoms with Gasteiger partial charge in [-0.2, -0.15) is 0 Å². The van der Waals surface area contributed by atoms with E-state index in [1.807, 2.05) is 0 Å². The van der Waals surface area contributed by atoms with Crippen LogP contribution in [0.3, 0.4) is 0 Å². The first-order valence-electron chi connectivity index (χ1n) is 5.74. The molecule has 0 saturated carbocycles. The standard InChI is InChI=1S/C10H15N3O6S2/c1-20(16,17)9-5-2-4-8(10(9)13(14)15)12-6-3-7-21(11,18)19/h2,4-5,12H,3,6-7H2,1H3,(H2,11,18,19). The molecular weight excluding hydrogens is 322 g/mol. The monoisotopic (exact) mass is 337 g/mol. The fourth-order valence-electron chi connectivity index (χ4n) is 1.65. The number of nitrogens with zero attached hydrogens (tertiary/aromatic N) is 1. The number of para-hydroxylation sites is 1. The molecule has 0 atom stereocenters. The van der Waals surface area contributed by atoms with Crippen LogP contribution in [0.1, 0.15) is 6.42 Å². The van der Waals surface area contributed by atoms with E-state index in [1.165, 1.54) is 12.1 Å². The average Bonchev–Trinajstić information content (AvgIpc) is 2.31. The minimum absolute atomic E-state index is 0.0114. The van der Waals surface area contributed by atoms with E-state index in [-0.39, 0.29) is 24.4 Å². The Labute approximate surface area is 122 Å². The molecule has 11 heteroatoms. The zero-order chi connectivity index (χ0) is 16.3. The molecule has 21 heavy (non-hydrogen) atoms. The van der Waals surface area contributed by atoms with E-state index in [0.29, 0.717) is 0 Å². The Balaban J connectivity index is 3.01. The van der Waals surface area contributed by atoms with E-state index >= 15 is 0 Å². The van der Waals surface area contributed by atoms with E-state index in [0.717, 1.165) is 12.3 Å². The summed E-state index contributed by atoms with van der Waals surface area (Å²) in [5, 5.41) is 18.6. The Morgan fingerprint density at radius 2 is 1.90 bits per heavy atom. The molecule has 0 unspecified atom stereocenters. The highest BCUT2D eigenvalue weighted by Gasteiger charge is 2.25. The van der Waals surface area contributed by atoms with Crippen LogP contribution in [0.4, 0.5) is 11.4 Å². The molecule has 9 nitrogen and oxygen atoms in total. The van der Waals surface area contributed by atoms with Crippen LogP contribution in [0.2, 0.25) is 0 Å². The van der Waals surface area contributed by atoms with Gasteiger partial charge in [0.25, 0.3) is 0 Å². The van der Waals surface area contributed by atoms with Crippen molar-refractivity contribution in [1.82, 2.24) is 0 Å². The van der Waals surface area contributed by atoms with Gasteiger partial charge in [-0.15, -0.1) is 0 Å². The third-order valence-corrected chi connectivity index (χ3v) is 4.49. The first kappa shape index (κ1) is 17.3. The molecule has 0 bridgehead atoms. The maximum Gasteiger partial charge on any atom is 0.310 e. The van der Waals surface area contributed by atoms with Crippen LogP contribution >= 0.6 is 0 Å². The lowest BCUT2D eigenvalue weighted by Crippen LogP contribution is -2.19. The van der Waals surface area contributed by atoms with Crippen molar-refractivity contribution in [1.29, 1.82) is 0 Å². The van der Waals surface area contributed by atoms with Crippen molar-refractivity contribution in [2.45, 2.75) is 11.3 Å². The number of benzene rings is 1. The maximum absolute atomic E-state index is 11.5. The SMILES string of the molecule is CS(=O)(=O)c1cccc(NCCCS(N)(=O)=O)c1[N+](=O)[O-]. The Kier molecular flexibility index (Phi) is 5.25. The quantitative estimate of drug-likeness (QED) is 0.406. The summed E-state index contributed by atoms with van der Waals surface area (Å²) in [6, 6.07) is 3.86. The van der Waals surface area contributed by atoms with Crippen LogP contribution in [0.15, 0.2) is 23.1 Å². The summed E-state index contributed by atoms with van der Waals surface area (Å²) in [4.78, 5) is 9.87. The second kappa shape index (κ2) is 6.37. The maximum atomic E-state index is 11.5. The molecule has 1 aromatic carbocycles. The second-order valence-corrected chi connectivity index (χ2v) is 8.05. The van der Waals surface area contributed by atoms with Crippen LogP contribution < -0.4 is 10.5 Å². The molecule has 0 spiro atoms. The number of hydrogen-bond acceptors (Lipinski definition) is 7. The number of sulfonamides is 1. The van der Waals surface area contributed by atoms with E-state index < -0.39 is 35.4 Å². The predicted molar refractivity (Wildman–Crippen MR) is 77.3 cm³/mol. The normalized spacial score (nSPS) is 12.1. The fourth-order valence-corrected chi connectivity index (χ4v) is 3.06. The van der Waals surface area contributed by atoms with Crippen LogP contribution in [0.5, 0.6) is 0 Å². The molecule has 118 valence electrons. The van der Waals surface area contributed by atoms with Crippen molar-refractivity contribution < 1.29 is 21.8 Å². The van der Waals surface area contributed by atoms with E-state index in [1.54, 1.807) is 0 Å². The van der Waals surface area contributed by atoms with Gasteiger partial charge in [-0.25, -0.2) is 22.0 Å². The number of primary sulfonamides is 1. The molecule has 3 N–H and O–H groups in total. The third-order valence-electron chi connectivity index (χ3n) is 2.50. The van der Waals surface area contributed by atoms with E-state index in [4.69, 9.17) is 5.14 Å². The van der Waals surface area contributed by atoms with Crippen molar-refractivity contribution in [3.8, 4) is 0 Å². The number of rotatable bonds is 7. The van der Waals surface area contributed by atoms with Crippen LogP contribution in [0.25, 0.3) is 0 Å². The van der Waals surface area contributed by atoms with Gasteiger partial charge < -0.3 is 5.32 Å². The van der Waals surface area contributed by atoms with Crippen LogP contribution in [-0.4, -0.2) is 40.3 Å². The highest BCUT2D eigenvalue weighted by atomic mass is 32.2. The van der Waals surface area contributed by atoms with Crippen molar-refractivity contribution in [2.24, 2.45) is 5.14 Å². The van der Waals surface area contributed by atoms with Gasteiger partial charge in [0.05, 0.1) is 10.7 Å². The summed E-state index contributed by atoms with van der Waals surface area (Å²) in [6.45, 7) is 0.102. The molecule has 0 radical (unpaired) electrons. The molecule has 1 rings (SSSR count). The fraction of sp³-hybridized carbons (Fsp3) is 0.400. The van der Waals surface area contributed by atoms with Crippen molar-refractivity contribution >= 4 is 31.2 Å². The minimum Gasteiger partial charge on any atom is -0.379 e. The summed E-state index contributed by atoms with van der Waals surface area (Å²) >= 11 is 0. The van der Waals surface area contributed by atoms with Gasteiger partial charge in [0.2, 0.25) is 10.0 Å². The molecule has 0 fully saturated rings. The molecule has 0 saturated heterocycles. The molecular formula is C10H15N3O6S2. The number of nitrogens with one attached hydrogen (secondary N) is 1. The molecule has 0 aliphatic rings. The molecule has 0 heterocycles. The summed E-state index contributed by atoms with van der Waals surface area (Å²) in [5.41, 5.74) is -0.548. The van der Waals surface area contributed by atoms with Gasteiger partial charge in [0, 0.05) is 12.8 Å². The number of sulfone groups is 1. The molecule has 0 aliphatic heterocycles. The number of anilines is 1. The highest BCUT2D eigenvalue weighted by Crippen LogP contribution is 2.31. The van der Waals surface area contributed by atoms with Crippen molar-refractivity contribution in [2.75, 3.05) is 23.9 Å². The minimum atomic E-state index is -3.75. The number of hydrogen-bond donors (Lipinski definition) is 2. The summed E-state index contributed by atoms with van der Waals surface area (Å²) in [5.74, 6) is -0.278. The smallest absolute Gasteiger partial charge is 0.310 e. The molecule has 0 aromatic heterocycles. The van der Waals surface area contributed by atoms with Gasteiger partial charge in [0.1, 0.15) is 10.6 Å². The molecule has 0 aliphatic carbocycles. The van der Waals surface area contributed by atoms with Crippen LogP contribution in [0, 0.1) is 10.1 Å². The predicted octanol–water partition coefficient (Wildman–Crippen LogP) is 0.0888. The zero-order valence-corrected chi connectivity index (χ0v) is 12.8. The largest absolute Gasteiger partial charge is 0.379 e. The van der Waals surface area contributed by atoms with Gasteiger partial charge in [-0.1, -0.05) is 6.07 Å². The lowest BCUT2D eigenvalue weighted by atomic mass is 10.2. The van der Waals surface area contributed by atoms with Gasteiger partial charge >= 0.3 is 5.69 Å². The van der Waals surface area contributed by atoms with E-state index in [9.17, 15) is 26.9 Å². The Hall–Kier alpha value is -1.72. The Morgan fingerprint density at radius 3 is 2.38 bits per heavy atom. The zero-order valence-electron chi connectivity index (χ0n) is 11.1. The van der Waals surface area contributed by atoms with E-state index in [2.05, 4.69) is 5.32 Å².